The highest BCUT2D eigenvalue weighted by atomic mass is 127. The number of hydrogen-bond donors (Lipinski definition) is 0. The zero-order valence-corrected chi connectivity index (χ0v) is 16.0. The van der Waals surface area contributed by atoms with E-state index in [-0.39, 0.29) is 11.1 Å². The molecule has 0 aliphatic rings. The number of nitriles is 1. The van der Waals surface area contributed by atoms with E-state index in [2.05, 4.69) is 28.7 Å². The third-order valence-electron chi connectivity index (χ3n) is 3.81. The van der Waals surface area contributed by atoms with Crippen LogP contribution in [0.3, 0.4) is 0 Å². The molecule has 0 amide bonds. The van der Waals surface area contributed by atoms with Gasteiger partial charge in [0.2, 0.25) is 0 Å². The van der Waals surface area contributed by atoms with Crippen LogP contribution in [-0.2, 0) is 6.61 Å². The number of allylic oxidation sites excluding steroid dienone is 1. The molecule has 0 saturated heterocycles. The molecule has 26 heavy (non-hydrogen) atoms. The fourth-order valence-corrected chi connectivity index (χ4v) is 2.84. The molecule has 2 nitrogen and oxygen atoms in total. The van der Waals surface area contributed by atoms with E-state index in [1.165, 1.54) is 9.64 Å². The van der Waals surface area contributed by atoms with Gasteiger partial charge in [0, 0.05) is 14.7 Å². The van der Waals surface area contributed by atoms with Crippen molar-refractivity contribution < 1.29 is 9.13 Å². The van der Waals surface area contributed by atoms with E-state index in [1.54, 1.807) is 24.3 Å². The minimum absolute atomic E-state index is 0.258. The summed E-state index contributed by atoms with van der Waals surface area (Å²) in [6, 6.07) is 23.8. The summed E-state index contributed by atoms with van der Waals surface area (Å²) in [5, 5.41) is 9.46. The van der Waals surface area contributed by atoms with E-state index in [0.29, 0.717) is 12.4 Å². The lowest BCUT2D eigenvalue weighted by Gasteiger charge is -2.10. The highest BCUT2D eigenvalue weighted by molar-refractivity contribution is 14.1. The first kappa shape index (κ1) is 18.2. The quantitative estimate of drug-likeness (QED) is 0.266. The van der Waals surface area contributed by atoms with Crippen molar-refractivity contribution in [2.75, 3.05) is 0 Å². The van der Waals surface area contributed by atoms with Crippen LogP contribution in [0.1, 0.15) is 16.7 Å². The van der Waals surface area contributed by atoms with Crippen LogP contribution < -0.4 is 4.74 Å². The van der Waals surface area contributed by atoms with Gasteiger partial charge < -0.3 is 4.74 Å². The van der Waals surface area contributed by atoms with Gasteiger partial charge in [-0.2, -0.15) is 5.26 Å². The van der Waals surface area contributed by atoms with Gasteiger partial charge in [-0.1, -0.05) is 48.5 Å². The van der Waals surface area contributed by atoms with Crippen molar-refractivity contribution in [3.63, 3.8) is 0 Å². The van der Waals surface area contributed by atoms with Crippen molar-refractivity contribution in [3.05, 3.63) is 98.9 Å². The van der Waals surface area contributed by atoms with Gasteiger partial charge in [-0.25, -0.2) is 4.39 Å². The fourth-order valence-electron chi connectivity index (χ4n) is 2.48. The minimum Gasteiger partial charge on any atom is -0.488 e. The molecule has 0 N–H and O–H groups in total. The highest BCUT2D eigenvalue weighted by Gasteiger charge is 2.09. The molecule has 3 aromatic rings. The number of rotatable bonds is 5. The largest absolute Gasteiger partial charge is 0.488 e. The molecule has 0 spiro atoms. The van der Waals surface area contributed by atoms with E-state index in [4.69, 9.17) is 4.74 Å². The molecule has 0 heterocycles. The normalized spacial score (nSPS) is 11.0. The summed E-state index contributed by atoms with van der Waals surface area (Å²) in [5.74, 6) is 0.229. The second-order valence-corrected chi connectivity index (χ2v) is 6.85. The van der Waals surface area contributed by atoms with E-state index in [0.717, 1.165) is 11.1 Å². The molecule has 4 heteroatoms. The number of ether oxygens (including phenoxy) is 1. The Morgan fingerprint density at radius 3 is 2.42 bits per heavy atom. The summed E-state index contributed by atoms with van der Waals surface area (Å²) in [4.78, 5) is 0. The Morgan fingerprint density at radius 1 is 1.00 bits per heavy atom. The summed E-state index contributed by atoms with van der Waals surface area (Å²) >= 11 is 2.26. The summed E-state index contributed by atoms with van der Waals surface area (Å²) in [6.45, 7) is 0.420. The van der Waals surface area contributed by atoms with Crippen molar-refractivity contribution in [2.24, 2.45) is 0 Å². The predicted molar refractivity (Wildman–Crippen MR) is 110 cm³/mol. The third-order valence-corrected chi connectivity index (χ3v) is 4.53. The van der Waals surface area contributed by atoms with Crippen molar-refractivity contribution in [2.45, 2.75) is 6.61 Å². The average molecular weight is 455 g/mol. The zero-order chi connectivity index (χ0) is 18.4. The van der Waals surface area contributed by atoms with Crippen LogP contribution in [0.2, 0.25) is 0 Å². The van der Waals surface area contributed by atoms with Crippen LogP contribution in [0.15, 0.2) is 72.8 Å². The van der Waals surface area contributed by atoms with Crippen molar-refractivity contribution in [3.8, 4) is 11.8 Å². The maximum Gasteiger partial charge on any atom is 0.131 e. The van der Waals surface area contributed by atoms with E-state index in [9.17, 15) is 9.65 Å². The van der Waals surface area contributed by atoms with Crippen LogP contribution in [0.25, 0.3) is 11.6 Å². The lowest BCUT2D eigenvalue weighted by molar-refractivity contribution is 0.305. The smallest absolute Gasteiger partial charge is 0.131 e. The van der Waals surface area contributed by atoms with Crippen molar-refractivity contribution in [1.29, 1.82) is 5.26 Å². The molecular weight excluding hydrogens is 440 g/mol. The molecule has 0 unspecified atom stereocenters. The maximum absolute atomic E-state index is 14.0. The van der Waals surface area contributed by atoms with Crippen molar-refractivity contribution in [1.82, 2.24) is 0 Å². The molecule has 3 aromatic carbocycles. The molecular formula is C22H15FINO. The van der Waals surface area contributed by atoms with Gasteiger partial charge in [0.25, 0.3) is 0 Å². The maximum atomic E-state index is 14.0. The standard InChI is InChI=1S/C22H15FINO/c23-21-7-3-2-6-20(21)18(14-25)13-17-5-1-4-8-22(17)26-15-16-9-11-19(24)12-10-16/h1-13H,15H2/b18-13-. The molecule has 0 radical (unpaired) electrons. The number of halogens is 2. The molecule has 0 aliphatic heterocycles. The third kappa shape index (κ3) is 4.50. The Kier molecular flexibility index (Phi) is 6.03. The second-order valence-electron chi connectivity index (χ2n) is 5.60. The SMILES string of the molecule is N#C/C(=C/c1ccccc1OCc1ccc(I)cc1)c1ccccc1F. The monoisotopic (exact) mass is 455 g/mol. The molecule has 0 bridgehead atoms. The number of nitrogens with zero attached hydrogens (tertiary/aromatic N) is 1. The molecule has 0 fully saturated rings. The number of para-hydroxylation sites is 1. The van der Waals surface area contributed by atoms with Crippen LogP contribution in [0.4, 0.5) is 4.39 Å². The van der Waals surface area contributed by atoms with Gasteiger partial charge in [-0.05, 0) is 58.5 Å². The molecule has 0 atom stereocenters. The van der Waals surface area contributed by atoms with Crippen molar-refractivity contribution >= 4 is 34.2 Å². The summed E-state index contributed by atoms with van der Waals surface area (Å²) in [6.07, 6.45) is 1.65. The molecule has 0 aliphatic carbocycles. The Bertz CT molecular complexity index is 974. The first-order valence-corrected chi connectivity index (χ1v) is 9.08. The molecule has 0 saturated carbocycles. The Labute approximate surface area is 165 Å². The summed E-state index contributed by atoms with van der Waals surface area (Å²) in [7, 11) is 0. The summed E-state index contributed by atoms with van der Waals surface area (Å²) < 4.78 is 21.1. The lowest BCUT2D eigenvalue weighted by atomic mass is 10.0. The highest BCUT2D eigenvalue weighted by Crippen LogP contribution is 2.26. The van der Waals surface area contributed by atoms with Gasteiger partial charge in [-0.3, -0.25) is 0 Å². The van der Waals surface area contributed by atoms with Crippen LogP contribution in [-0.4, -0.2) is 0 Å². The first-order valence-electron chi connectivity index (χ1n) is 8.00. The Hall–Kier alpha value is -2.65. The molecule has 3 rings (SSSR count). The topological polar surface area (TPSA) is 33.0 Å². The van der Waals surface area contributed by atoms with Crippen LogP contribution in [0.5, 0.6) is 5.75 Å². The van der Waals surface area contributed by atoms with Gasteiger partial charge in [0.1, 0.15) is 18.2 Å². The zero-order valence-electron chi connectivity index (χ0n) is 13.8. The Balaban J connectivity index is 1.87. The predicted octanol–water partition coefficient (Wildman–Crippen LogP) is 6.07. The van der Waals surface area contributed by atoms with Gasteiger partial charge >= 0.3 is 0 Å². The molecule has 128 valence electrons. The van der Waals surface area contributed by atoms with Crippen LogP contribution >= 0.6 is 22.6 Å². The number of hydrogen-bond acceptors (Lipinski definition) is 2. The summed E-state index contributed by atoms with van der Waals surface area (Å²) in [5.41, 5.74) is 2.33. The molecule has 0 aromatic heterocycles. The lowest BCUT2D eigenvalue weighted by Crippen LogP contribution is -1.97. The average Bonchev–Trinajstić information content (AvgIpc) is 2.67. The second kappa shape index (κ2) is 8.63. The minimum atomic E-state index is -0.419. The fraction of sp³-hybridized carbons (Fsp3) is 0.0455. The van der Waals surface area contributed by atoms with E-state index < -0.39 is 5.82 Å². The van der Waals surface area contributed by atoms with E-state index >= 15 is 0 Å². The Morgan fingerprint density at radius 2 is 1.69 bits per heavy atom. The first-order chi connectivity index (χ1) is 12.7. The van der Waals surface area contributed by atoms with Gasteiger partial charge in [0.05, 0.1) is 11.6 Å². The van der Waals surface area contributed by atoms with Crippen LogP contribution in [0, 0.1) is 20.7 Å². The van der Waals surface area contributed by atoms with E-state index in [1.807, 2.05) is 48.5 Å². The van der Waals surface area contributed by atoms with Gasteiger partial charge in [-0.15, -0.1) is 0 Å². The van der Waals surface area contributed by atoms with Gasteiger partial charge in [0.15, 0.2) is 0 Å². The number of benzene rings is 3.